The number of carbonyl (C=O) groups excluding carboxylic acids is 2. The average Bonchev–Trinajstić information content (AvgIpc) is 3.31. The van der Waals surface area contributed by atoms with E-state index in [0.717, 1.165) is 18.5 Å². The lowest BCUT2D eigenvalue weighted by Crippen LogP contribution is -2.35. The van der Waals surface area contributed by atoms with Crippen molar-refractivity contribution >= 4 is 29.5 Å². The van der Waals surface area contributed by atoms with Crippen LogP contribution in [0.2, 0.25) is 5.02 Å². The van der Waals surface area contributed by atoms with E-state index in [0.29, 0.717) is 22.9 Å². The zero-order valence-electron chi connectivity index (χ0n) is 17.0. The van der Waals surface area contributed by atoms with Crippen molar-refractivity contribution in [2.24, 2.45) is 0 Å². The van der Waals surface area contributed by atoms with Gasteiger partial charge in [0.2, 0.25) is 0 Å². The van der Waals surface area contributed by atoms with Gasteiger partial charge in [0.15, 0.2) is 0 Å². The molecule has 3 aromatic rings. The van der Waals surface area contributed by atoms with Crippen LogP contribution in [0.3, 0.4) is 0 Å². The third kappa shape index (κ3) is 6.72. The standard InChI is InChI=1S/C23H23ClN4O3/c1-31-20-9-5-18(6-10-20)22(29)27-21(15-17-3-7-19(24)8-4-17)23(30)26-11-2-13-28-14-12-25-16-28/h3-10,12,14-16H,2,11,13H2,1H3,(H,26,30)(H,27,29)/b21-15+. The van der Waals surface area contributed by atoms with Crippen LogP contribution in [-0.4, -0.2) is 35.0 Å². The average molecular weight is 439 g/mol. The second kappa shape index (κ2) is 11.0. The second-order valence-corrected chi connectivity index (χ2v) is 7.14. The van der Waals surface area contributed by atoms with Crippen molar-refractivity contribution < 1.29 is 14.3 Å². The molecule has 2 aromatic carbocycles. The van der Waals surface area contributed by atoms with Crippen LogP contribution in [0.1, 0.15) is 22.3 Å². The van der Waals surface area contributed by atoms with E-state index in [9.17, 15) is 9.59 Å². The number of benzene rings is 2. The molecule has 0 aliphatic carbocycles. The summed E-state index contributed by atoms with van der Waals surface area (Å²) in [5.41, 5.74) is 1.30. The minimum atomic E-state index is -0.392. The number of imidazole rings is 1. The SMILES string of the molecule is COc1ccc(C(=O)N/C(=C/c2ccc(Cl)cc2)C(=O)NCCCn2ccnc2)cc1. The highest BCUT2D eigenvalue weighted by molar-refractivity contribution is 6.30. The number of carbonyl (C=O) groups is 2. The Morgan fingerprint density at radius 1 is 1.13 bits per heavy atom. The first-order valence-corrected chi connectivity index (χ1v) is 10.1. The molecule has 1 aromatic heterocycles. The first kappa shape index (κ1) is 22.1. The summed E-state index contributed by atoms with van der Waals surface area (Å²) < 4.78 is 7.05. The van der Waals surface area contributed by atoms with Crippen LogP contribution in [-0.2, 0) is 11.3 Å². The van der Waals surface area contributed by atoms with Crippen LogP contribution in [0.5, 0.6) is 5.75 Å². The van der Waals surface area contributed by atoms with Gasteiger partial charge < -0.3 is 19.9 Å². The number of methoxy groups -OCH3 is 1. The van der Waals surface area contributed by atoms with Crippen molar-refractivity contribution in [2.45, 2.75) is 13.0 Å². The highest BCUT2D eigenvalue weighted by atomic mass is 35.5. The number of nitrogens with zero attached hydrogens (tertiary/aromatic N) is 2. The Bertz CT molecular complexity index is 1030. The van der Waals surface area contributed by atoms with Crippen LogP contribution >= 0.6 is 11.6 Å². The molecule has 0 aliphatic heterocycles. The number of rotatable bonds is 9. The number of aryl methyl sites for hydroxylation is 1. The molecule has 160 valence electrons. The van der Waals surface area contributed by atoms with E-state index < -0.39 is 5.91 Å². The third-order valence-corrected chi connectivity index (χ3v) is 4.72. The van der Waals surface area contributed by atoms with Gasteiger partial charge in [-0.3, -0.25) is 9.59 Å². The Hall–Kier alpha value is -3.58. The Morgan fingerprint density at radius 2 is 1.87 bits per heavy atom. The van der Waals surface area contributed by atoms with Crippen LogP contribution in [0.15, 0.2) is 72.9 Å². The Kier molecular flexibility index (Phi) is 7.84. The number of halogens is 1. The quantitative estimate of drug-likeness (QED) is 0.395. The highest BCUT2D eigenvalue weighted by Gasteiger charge is 2.14. The fraction of sp³-hybridized carbons (Fsp3) is 0.174. The van der Waals surface area contributed by atoms with Crippen molar-refractivity contribution in [1.29, 1.82) is 0 Å². The second-order valence-electron chi connectivity index (χ2n) is 6.70. The van der Waals surface area contributed by atoms with Crippen LogP contribution in [0.25, 0.3) is 6.08 Å². The van der Waals surface area contributed by atoms with Gasteiger partial charge >= 0.3 is 0 Å². The summed E-state index contributed by atoms with van der Waals surface area (Å²) in [6.45, 7) is 1.18. The zero-order chi connectivity index (χ0) is 22.1. The maximum absolute atomic E-state index is 12.8. The van der Waals surface area contributed by atoms with Crippen molar-refractivity contribution in [2.75, 3.05) is 13.7 Å². The number of aromatic nitrogens is 2. The molecular weight excluding hydrogens is 416 g/mol. The molecule has 31 heavy (non-hydrogen) atoms. The monoisotopic (exact) mass is 438 g/mol. The third-order valence-electron chi connectivity index (χ3n) is 4.46. The highest BCUT2D eigenvalue weighted by Crippen LogP contribution is 2.14. The van der Waals surface area contributed by atoms with E-state index in [1.54, 1.807) is 74.2 Å². The normalized spacial score (nSPS) is 11.1. The van der Waals surface area contributed by atoms with E-state index in [1.807, 2.05) is 10.8 Å². The Labute approximate surface area is 185 Å². The summed E-state index contributed by atoms with van der Waals surface area (Å²) >= 11 is 5.94. The van der Waals surface area contributed by atoms with Gasteiger partial charge in [0.05, 0.1) is 13.4 Å². The fourth-order valence-corrected chi connectivity index (χ4v) is 2.92. The lowest BCUT2D eigenvalue weighted by molar-refractivity contribution is -0.117. The molecule has 0 unspecified atom stereocenters. The Balaban J connectivity index is 1.69. The molecule has 1 heterocycles. The molecule has 0 radical (unpaired) electrons. The van der Waals surface area contributed by atoms with Crippen molar-refractivity contribution in [3.05, 3.63) is 89.1 Å². The van der Waals surface area contributed by atoms with Crippen molar-refractivity contribution in [3.8, 4) is 5.75 Å². The summed E-state index contributed by atoms with van der Waals surface area (Å²) in [6.07, 6.45) is 7.64. The van der Waals surface area contributed by atoms with Gasteiger partial charge in [0, 0.05) is 36.1 Å². The number of hydrogen-bond donors (Lipinski definition) is 2. The van der Waals surface area contributed by atoms with Crippen LogP contribution < -0.4 is 15.4 Å². The molecule has 0 saturated carbocycles. The number of ether oxygens (including phenoxy) is 1. The lowest BCUT2D eigenvalue weighted by atomic mass is 10.1. The van der Waals surface area contributed by atoms with E-state index in [4.69, 9.17) is 16.3 Å². The van der Waals surface area contributed by atoms with Crippen molar-refractivity contribution in [1.82, 2.24) is 20.2 Å². The zero-order valence-corrected chi connectivity index (χ0v) is 17.8. The summed E-state index contributed by atoms with van der Waals surface area (Å²) in [5.74, 6) is -0.122. The molecule has 3 rings (SSSR count). The summed E-state index contributed by atoms with van der Waals surface area (Å²) in [7, 11) is 1.55. The topological polar surface area (TPSA) is 85.2 Å². The van der Waals surface area contributed by atoms with Crippen LogP contribution in [0, 0.1) is 0 Å². The van der Waals surface area contributed by atoms with Gasteiger partial charge in [-0.1, -0.05) is 23.7 Å². The maximum Gasteiger partial charge on any atom is 0.267 e. The predicted molar refractivity (Wildman–Crippen MR) is 120 cm³/mol. The predicted octanol–water partition coefficient (Wildman–Crippen LogP) is 3.52. The van der Waals surface area contributed by atoms with Gasteiger partial charge in [-0.15, -0.1) is 0 Å². The maximum atomic E-state index is 12.8. The first-order valence-electron chi connectivity index (χ1n) is 9.72. The molecule has 8 heteroatoms. The van der Waals surface area contributed by atoms with E-state index in [2.05, 4.69) is 15.6 Å². The minimum Gasteiger partial charge on any atom is -0.497 e. The van der Waals surface area contributed by atoms with Crippen LogP contribution in [0.4, 0.5) is 0 Å². The lowest BCUT2D eigenvalue weighted by Gasteiger charge is -2.12. The molecule has 2 N–H and O–H groups in total. The van der Waals surface area contributed by atoms with Gasteiger partial charge in [-0.05, 0) is 54.5 Å². The molecule has 0 spiro atoms. The Morgan fingerprint density at radius 3 is 2.52 bits per heavy atom. The number of hydrogen-bond acceptors (Lipinski definition) is 4. The molecule has 0 fully saturated rings. The smallest absolute Gasteiger partial charge is 0.267 e. The first-order chi connectivity index (χ1) is 15.0. The number of amides is 2. The van der Waals surface area contributed by atoms with Gasteiger partial charge in [0.25, 0.3) is 11.8 Å². The van der Waals surface area contributed by atoms with Crippen molar-refractivity contribution in [3.63, 3.8) is 0 Å². The molecule has 0 atom stereocenters. The van der Waals surface area contributed by atoms with E-state index >= 15 is 0 Å². The van der Waals surface area contributed by atoms with Gasteiger partial charge in [-0.2, -0.15) is 0 Å². The molecule has 7 nitrogen and oxygen atoms in total. The fourth-order valence-electron chi connectivity index (χ4n) is 2.80. The molecule has 0 aliphatic rings. The van der Waals surface area contributed by atoms with Gasteiger partial charge in [0.1, 0.15) is 11.4 Å². The largest absolute Gasteiger partial charge is 0.497 e. The van der Waals surface area contributed by atoms with E-state index in [1.165, 1.54) is 0 Å². The molecular formula is C23H23ClN4O3. The minimum absolute atomic E-state index is 0.144. The molecule has 0 saturated heterocycles. The summed E-state index contributed by atoms with van der Waals surface area (Å²) in [4.78, 5) is 29.5. The molecule has 2 amide bonds. The molecule has 0 bridgehead atoms. The summed E-state index contributed by atoms with van der Waals surface area (Å²) in [5, 5.41) is 6.15. The van der Waals surface area contributed by atoms with Gasteiger partial charge in [-0.25, -0.2) is 4.98 Å². The van der Waals surface area contributed by atoms with E-state index in [-0.39, 0.29) is 11.6 Å². The summed E-state index contributed by atoms with van der Waals surface area (Å²) in [6, 6.07) is 13.6. The number of nitrogens with one attached hydrogen (secondary N) is 2.